The Morgan fingerprint density at radius 3 is 2.06 bits per heavy atom. The van der Waals surface area contributed by atoms with Crippen molar-refractivity contribution in [2.24, 2.45) is 0 Å². The summed E-state index contributed by atoms with van der Waals surface area (Å²) in [6.07, 6.45) is 0. The monoisotopic (exact) mass is 339 g/mol. The van der Waals surface area contributed by atoms with Crippen LogP contribution in [0.15, 0.2) is 60.7 Å². The summed E-state index contributed by atoms with van der Waals surface area (Å²) >= 11 is 1.94. The molecular formula is C13H10INO2. The van der Waals surface area contributed by atoms with Crippen LogP contribution < -0.4 is 3.28 Å². The van der Waals surface area contributed by atoms with Crippen LogP contribution in [0.5, 0.6) is 0 Å². The largest absolute Gasteiger partial charge is 0.364 e. The van der Waals surface area contributed by atoms with Gasteiger partial charge in [0.25, 0.3) is 0 Å². The Kier molecular flexibility index (Phi) is 3.98. The number of hydrogen-bond donors (Lipinski definition) is 0. The van der Waals surface area contributed by atoms with Crippen LogP contribution in [0.4, 0.5) is 5.69 Å². The molecule has 2 rings (SSSR count). The number of carbonyl (C=O) groups excluding carboxylic acids is 1. The molecule has 0 aliphatic carbocycles. The second-order valence-electron chi connectivity index (χ2n) is 3.33. The number of halogens is 1. The summed E-state index contributed by atoms with van der Waals surface area (Å²) in [7, 11) is 0. The highest BCUT2D eigenvalue weighted by molar-refractivity contribution is 14.1. The Hall–Kier alpha value is -1.56. The number of rotatable bonds is 3. The molecule has 0 atom stereocenters. The van der Waals surface area contributed by atoms with Gasteiger partial charge in [0, 0.05) is 0 Å². The number of hydrogen-bond acceptors (Lipinski definition) is 3. The highest BCUT2D eigenvalue weighted by Crippen LogP contribution is 2.19. The summed E-state index contributed by atoms with van der Waals surface area (Å²) in [4.78, 5) is 17.0. The number of anilines is 1. The van der Waals surface area contributed by atoms with E-state index in [1.807, 2.05) is 59.3 Å². The van der Waals surface area contributed by atoms with Gasteiger partial charge in [0.1, 0.15) is 22.9 Å². The zero-order valence-electron chi connectivity index (χ0n) is 8.92. The smallest absolute Gasteiger partial charge is 0.326 e. The fourth-order valence-electron chi connectivity index (χ4n) is 1.30. The maximum atomic E-state index is 11.8. The molecule has 0 unspecified atom stereocenters. The molecule has 0 aromatic heterocycles. The third-order valence-corrected chi connectivity index (χ3v) is 2.89. The normalized spacial score (nSPS) is 9.71. The zero-order valence-corrected chi connectivity index (χ0v) is 11.1. The van der Waals surface area contributed by atoms with E-state index in [2.05, 4.69) is 0 Å². The molecule has 0 aliphatic rings. The molecule has 0 bridgehead atoms. The molecule has 0 spiro atoms. The second kappa shape index (κ2) is 5.67. The maximum absolute atomic E-state index is 11.8. The first-order chi connectivity index (χ1) is 8.27. The Balaban J connectivity index is 2.05. The summed E-state index contributed by atoms with van der Waals surface area (Å²) in [5.74, 6) is -0.371. The van der Waals surface area contributed by atoms with Crippen LogP contribution in [0, 0.1) is 0 Å². The molecule has 17 heavy (non-hydrogen) atoms. The summed E-state index contributed by atoms with van der Waals surface area (Å²) in [5, 5.41) is 0. The molecule has 0 saturated heterocycles. The van der Waals surface area contributed by atoms with Crippen LogP contribution in [-0.4, -0.2) is 5.97 Å². The van der Waals surface area contributed by atoms with E-state index in [0.29, 0.717) is 5.56 Å². The third-order valence-electron chi connectivity index (χ3n) is 2.13. The molecule has 0 aliphatic heterocycles. The van der Waals surface area contributed by atoms with E-state index in [4.69, 9.17) is 4.84 Å². The van der Waals surface area contributed by atoms with Gasteiger partial charge in [0.05, 0.1) is 11.3 Å². The second-order valence-corrected chi connectivity index (χ2v) is 4.20. The number of carbonyl (C=O) groups is 1. The minimum Gasteiger partial charge on any atom is -0.326 e. The Morgan fingerprint density at radius 1 is 0.941 bits per heavy atom. The first-order valence-electron chi connectivity index (χ1n) is 5.05. The highest BCUT2D eigenvalue weighted by atomic mass is 127. The van der Waals surface area contributed by atoms with Gasteiger partial charge in [-0.25, -0.2) is 4.79 Å². The van der Waals surface area contributed by atoms with Crippen molar-refractivity contribution in [3.63, 3.8) is 0 Å². The molecule has 0 saturated carbocycles. The van der Waals surface area contributed by atoms with E-state index in [-0.39, 0.29) is 5.97 Å². The first kappa shape index (κ1) is 11.9. The molecule has 4 heteroatoms. The third kappa shape index (κ3) is 3.20. The highest BCUT2D eigenvalue weighted by Gasteiger charge is 2.11. The average Bonchev–Trinajstić information content (AvgIpc) is 2.40. The van der Waals surface area contributed by atoms with E-state index in [0.717, 1.165) is 5.69 Å². The van der Waals surface area contributed by atoms with Crippen LogP contribution >= 0.6 is 22.9 Å². The van der Waals surface area contributed by atoms with Gasteiger partial charge in [0.15, 0.2) is 0 Å². The van der Waals surface area contributed by atoms with Crippen LogP contribution in [0.2, 0.25) is 0 Å². The van der Waals surface area contributed by atoms with Crippen molar-refractivity contribution in [2.45, 2.75) is 0 Å². The van der Waals surface area contributed by atoms with E-state index >= 15 is 0 Å². The molecule has 0 fully saturated rings. The minimum atomic E-state index is -0.371. The molecule has 2 aromatic carbocycles. The predicted octanol–water partition coefficient (Wildman–Crippen LogP) is 3.62. The predicted molar refractivity (Wildman–Crippen MR) is 74.8 cm³/mol. The van der Waals surface area contributed by atoms with Gasteiger partial charge in [-0.1, -0.05) is 36.4 Å². The van der Waals surface area contributed by atoms with E-state index in [1.165, 1.54) is 3.28 Å². The van der Waals surface area contributed by atoms with Crippen molar-refractivity contribution in [3.8, 4) is 0 Å². The first-order valence-corrected chi connectivity index (χ1v) is 6.02. The standard InChI is InChI=1S/C13H10INO2/c14-15(12-9-5-2-6-10-12)17-13(16)11-7-3-1-4-8-11/h1-10H. The SMILES string of the molecule is O=C(ON(I)c1ccccc1)c1ccccc1. The minimum absolute atomic E-state index is 0.371. The van der Waals surface area contributed by atoms with Gasteiger partial charge in [-0.3, -0.25) is 0 Å². The Morgan fingerprint density at radius 2 is 1.47 bits per heavy atom. The van der Waals surface area contributed by atoms with Crippen molar-refractivity contribution < 1.29 is 9.63 Å². The Bertz CT molecular complexity index is 487. The molecule has 0 amide bonds. The van der Waals surface area contributed by atoms with Crippen molar-refractivity contribution in [3.05, 3.63) is 66.2 Å². The molecule has 0 heterocycles. The fourth-order valence-corrected chi connectivity index (χ4v) is 1.80. The van der Waals surface area contributed by atoms with Crippen molar-refractivity contribution in [1.82, 2.24) is 0 Å². The van der Waals surface area contributed by atoms with Gasteiger partial charge in [-0.15, -0.1) is 3.28 Å². The van der Waals surface area contributed by atoms with Crippen LogP contribution in [0.25, 0.3) is 0 Å². The molecular weight excluding hydrogens is 329 g/mol. The summed E-state index contributed by atoms with van der Waals surface area (Å²) < 4.78 is 1.42. The number of para-hydroxylation sites is 1. The summed E-state index contributed by atoms with van der Waals surface area (Å²) in [6, 6.07) is 18.3. The number of benzene rings is 2. The molecule has 86 valence electrons. The Labute approximate surface area is 113 Å². The van der Waals surface area contributed by atoms with E-state index in [9.17, 15) is 4.79 Å². The van der Waals surface area contributed by atoms with Crippen molar-refractivity contribution in [2.75, 3.05) is 3.28 Å². The lowest BCUT2D eigenvalue weighted by Crippen LogP contribution is -2.16. The molecule has 0 radical (unpaired) electrons. The van der Waals surface area contributed by atoms with Gasteiger partial charge in [-0.2, -0.15) is 0 Å². The van der Waals surface area contributed by atoms with Crippen LogP contribution in [0.3, 0.4) is 0 Å². The topological polar surface area (TPSA) is 29.5 Å². The summed E-state index contributed by atoms with van der Waals surface area (Å²) in [5.41, 5.74) is 1.35. The van der Waals surface area contributed by atoms with Crippen molar-refractivity contribution >= 4 is 34.5 Å². The fraction of sp³-hybridized carbons (Fsp3) is 0. The van der Waals surface area contributed by atoms with Gasteiger partial charge in [-0.05, 0) is 24.3 Å². The lowest BCUT2D eigenvalue weighted by atomic mass is 10.2. The number of nitrogens with zero attached hydrogens (tertiary/aromatic N) is 1. The quantitative estimate of drug-likeness (QED) is 0.486. The average molecular weight is 339 g/mol. The van der Waals surface area contributed by atoms with Gasteiger partial charge < -0.3 is 4.84 Å². The van der Waals surface area contributed by atoms with E-state index in [1.54, 1.807) is 24.3 Å². The molecule has 3 nitrogen and oxygen atoms in total. The lowest BCUT2D eigenvalue weighted by molar-refractivity contribution is 0.0553. The molecule has 2 aromatic rings. The zero-order chi connectivity index (χ0) is 12.1. The van der Waals surface area contributed by atoms with Crippen LogP contribution in [0.1, 0.15) is 10.4 Å². The van der Waals surface area contributed by atoms with E-state index < -0.39 is 0 Å². The van der Waals surface area contributed by atoms with Gasteiger partial charge in [0.2, 0.25) is 0 Å². The summed E-state index contributed by atoms with van der Waals surface area (Å²) in [6.45, 7) is 0. The maximum Gasteiger partial charge on any atom is 0.364 e. The van der Waals surface area contributed by atoms with Gasteiger partial charge >= 0.3 is 5.97 Å². The van der Waals surface area contributed by atoms with Crippen LogP contribution in [-0.2, 0) is 4.84 Å². The molecule has 0 N–H and O–H groups in total. The lowest BCUT2D eigenvalue weighted by Gasteiger charge is -2.15. The van der Waals surface area contributed by atoms with Crippen molar-refractivity contribution in [1.29, 1.82) is 0 Å².